The van der Waals surface area contributed by atoms with Gasteiger partial charge in [-0.2, -0.15) is 11.3 Å². The van der Waals surface area contributed by atoms with Crippen molar-refractivity contribution in [3.63, 3.8) is 0 Å². The number of carbonyl (C=O) groups is 1. The highest BCUT2D eigenvalue weighted by atomic mass is 32.1. The molecule has 0 N–H and O–H groups in total. The van der Waals surface area contributed by atoms with Crippen LogP contribution in [0.25, 0.3) is 0 Å². The molecule has 2 nitrogen and oxygen atoms in total. The zero-order valence-electron chi connectivity index (χ0n) is 11.7. The standard InChI is InChI=1S/C17H19NOS/c1-13-2-4-15(5-3-13)17(19)18-9-6-14(7-10-18)16-8-11-20-12-16/h2-5,8,11-12,14H,6-7,9-10H2,1H3. The molecule has 1 aromatic carbocycles. The van der Waals surface area contributed by atoms with E-state index in [4.69, 9.17) is 0 Å². The first-order chi connectivity index (χ1) is 9.74. The van der Waals surface area contributed by atoms with Crippen LogP contribution >= 0.6 is 11.3 Å². The molecule has 2 heterocycles. The second-order valence-electron chi connectivity index (χ2n) is 5.49. The molecule has 0 unspecified atom stereocenters. The molecule has 104 valence electrons. The van der Waals surface area contributed by atoms with E-state index >= 15 is 0 Å². The lowest BCUT2D eigenvalue weighted by molar-refractivity contribution is 0.0713. The number of piperidine rings is 1. The smallest absolute Gasteiger partial charge is 0.253 e. The van der Waals surface area contributed by atoms with Gasteiger partial charge in [-0.15, -0.1) is 0 Å². The molecule has 3 heteroatoms. The predicted octanol–water partition coefficient (Wildman–Crippen LogP) is 4.08. The molecule has 2 aromatic rings. The van der Waals surface area contributed by atoms with E-state index in [0.29, 0.717) is 5.92 Å². The molecule has 0 spiro atoms. The number of rotatable bonds is 2. The van der Waals surface area contributed by atoms with Gasteiger partial charge in [-0.1, -0.05) is 17.7 Å². The van der Waals surface area contributed by atoms with Crippen LogP contribution in [0, 0.1) is 6.92 Å². The summed E-state index contributed by atoms with van der Waals surface area (Å²) in [7, 11) is 0. The van der Waals surface area contributed by atoms with Crippen LogP contribution < -0.4 is 0 Å². The summed E-state index contributed by atoms with van der Waals surface area (Å²) in [5.41, 5.74) is 3.44. The summed E-state index contributed by atoms with van der Waals surface area (Å²) in [5, 5.41) is 4.38. The lowest BCUT2D eigenvalue weighted by Gasteiger charge is -2.32. The second-order valence-corrected chi connectivity index (χ2v) is 6.27. The average Bonchev–Trinajstić information content (AvgIpc) is 3.02. The van der Waals surface area contributed by atoms with Crippen molar-refractivity contribution in [2.75, 3.05) is 13.1 Å². The van der Waals surface area contributed by atoms with Gasteiger partial charge in [0, 0.05) is 18.7 Å². The van der Waals surface area contributed by atoms with Crippen LogP contribution in [-0.4, -0.2) is 23.9 Å². The fraction of sp³-hybridized carbons (Fsp3) is 0.353. The summed E-state index contributed by atoms with van der Waals surface area (Å²) in [6, 6.07) is 10.1. The maximum atomic E-state index is 12.4. The lowest BCUT2D eigenvalue weighted by atomic mass is 9.91. The van der Waals surface area contributed by atoms with E-state index in [-0.39, 0.29) is 5.91 Å². The van der Waals surface area contributed by atoms with Crippen molar-refractivity contribution >= 4 is 17.2 Å². The van der Waals surface area contributed by atoms with E-state index in [1.165, 1.54) is 11.1 Å². The summed E-state index contributed by atoms with van der Waals surface area (Å²) in [5.74, 6) is 0.803. The fourth-order valence-corrected chi connectivity index (χ4v) is 3.54. The highest BCUT2D eigenvalue weighted by Gasteiger charge is 2.24. The van der Waals surface area contributed by atoms with Gasteiger partial charge in [0.1, 0.15) is 0 Å². The SMILES string of the molecule is Cc1ccc(C(=O)N2CCC(c3ccsc3)CC2)cc1. The summed E-state index contributed by atoms with van der Waals surface area (Å²) >= 11 is 1.76. The zero-order valence-corrected chi connectivity index (χ0v) is 12.5. The Labute approximate surface area is 124 Å². The normalized spacial score (nSPS) is 16.4. The van der Waals surface area contributed by atoms with E-state index < -0.39 is 0 Å². The number of hydrogen-bond donors (Lipinski definition) is 0. The lowest BCUT2D eigenvalue weighted by Crippen LogP contribution is -2.37. The largest absolute Gasteiger partial charge is 0.339 e. The number of hydrogen-bond acceptors (Lipinski definition) is 2. The van der Waals surface area contributed by atoms with Crippen molar-refractivity contribution in [2.24, 2.45) is 0 Å². The minimum absolute atomic E-state index is 0.175. The first-order valence-corrected chi connectivity index (χ1v) is 8.06. The van der Waals surface area contributed by atoms with Crippen molar-refractivity contribution in [3.05, 3.63) is 57.8 Å². The molecular formula is C17H19NOS. The number of likely N-dealkylation sites (tertiary alicyclic amines) is 1. The van der Waals surface area contributed by atoms with E-state index in [1.807, 2.05) is 36.1 Å². The van der Waals surface area contributed by atoms with Gasteiger partial charge in [-0.05, 0) is 60.2 Å². The molecule has 20 heavy (non-hydrogen) atoms. The maximum absolute atomic E-state index is 12.4. The molecule has 0 atom stereocenters. The summed E-state index contributed by atoms with van der Waals surface area (Å²) in [4.78, 5) is 14.4. The fourth-order valence-electron chi connectivity index (χ4n) is 2.80. The molecule has 1 aliphatic rings. The average molecular weight is 285 g/mol. The third kappa shape index (κ3) is 2.78. The number of thiophene rings is 1. The summed E-state index contributed by atoms with van der Waals surface area (Å²) in [6.45, 7) is 3.78. The molecule has 0 bridgehead atoms. The third-order valence-electron chi connectivity index (χ3n) is 4.10. The topological polar surface area (TPSA) is 20.3 Å². The minimum Gasteiger partial charge on any atom is -0.339 e. The molecule has 0 saturated carbocycles. The molecule has 3 rings (SSSR count). The van der Waals surface area contributed by atoms with Crippen LogP contribution in [0.5, 0.6) is 0 Å². The van der Waals surface area contributed by atoms with Gasteiger partial charge in [0.25, 0.3) is 5.91 Å². The maximum Gasteiger partial charge on any atom is 0.253 e. The Morgan fingerprint density at radius 3 is 2.45 bits per heavy atom. The van der Waals surface area contributed by atoms with Gasteiger partial charge < -0.3 is 4.90 Å². The van der Waals surface area contributed by atoms with Crippen LogP contribution in [0.3, 0.4) is 0 Å². The molecular weight excluding hydrogens is 266 g/mol. The van der Waals surface area contributed by atoms with Crippen molar-refractivity contribution < 1.29 is 4.79 Å². The predicted molar refractivity (Wildman–Crippen MR) is 83.4 cm³/mol. The van der Waals surface area contributed by atoms with Gasteiger partial charge in [0.15, 0.2) is 0 Å². The summed E-state index contributed by atoms with van der Waals surface area (Å²) in [6.07, 6.45) is 2.16. The van der Waals surface area contributed by atoms with Gasteiger partial charge in [-0.3, -0.25) is 4.79 Å². The first-order valence-electron chi connectivity index (χ1n) is 7.12. The van der Waals surface area contributed by atoms with E-state index in [9.17, 15) is 4.79 Å². The Kier molecular flexibility index (Phi) is 3.88. The van der Waals surface area contributed by atoms with Crippen LogP contribution in [0.15, 0.2) is 41.1 Å². The van der Waals surface area contributed by atoms with E-state index in [1.54, 1.807) is 11.3 Å². The third-order valence-corrected chi connectivity index (χ3v) is 4.80. The van der Waals surface area contributed by atoms with Crippen molar-refractivity contribution in [3.8, 4) is 0 Å². The van der Waals surface area contributed by atoms with Gasteiger partial charge >= 0.3 is 0 Å². The molecule has 1 amide bonds. The van der Waals surface area contributed by atoms with Gasteiger partial charge in [-0.25, -0.2) is 0 Å². The van der Waals surface area contributed by atoms with E-state index in [2.05, 4.69) is 16.8 Å². The molecule has 1 saturated heterocycles. The minimum atomic E-state index is 0.175. The number of benzene rings is 1. The highest BCUT2D eigenvalue weighted by Crippen LogP contribution is 2.29. The highest BCUT2D eigenvalue weighted by molar-refractivity contribution is 7.07. The van der Waals surface area contributed by atoms with Crippen LogP contribution in [-0.2, 0) is 0 Å². The van der Waals surface area contributed by atoms with E-state index in [0.717, 1.165) is 31.5 Å². The quantitative estimate of drug-likeness (QED) is 0.814. The van der Waals surface area contributed by atoms with Crippen LogP contribution in [0.2, 0.25) is 0 Å². The molecule has 1 aromatic heterocycles. The zero-order chi connectivity index (χ0) is 13.9. The first kappa shape index (κ1) is 13.4. The number of nitrogens with zero attached hydrogens (tertiary/aromatic N) is 1. The molecule has 0 aliphatic carbocycles. The Bertz CT molecular complexity index is 566. The molecule has 0 radical (unpaired) electrons. The molecule has 1 aliphatic heterocycles. The number of aryl methyl sites for hydroxylation is 1. The van der Waals surface area contributed by atoms with Crippen LogP contribution in [0.4, 0.5) is 0 Å². The van der Waals surface area contributed by atoms with Crippen molar-refractivity contribution in [1.82, 2.24) is 4.90 Å². The van der Waals surface area contributed by atoms with Gasteiger partial charge in [0.05, 0.1) is 0 Å². The van der Waals surface area contributed by atoms with Crippen molar-refractivity contribution in [2.45, 2.75) is 25.7 Å². The second kappa shape index (κ2) is 5.80. The van der Waals surface area contributed by atoms with Crippen molar-refractivity contribution in [1.29, 1.82) is 0 Å². The van der Waals surface area contributed by atoms with Gasteiger partial charge in [0.2, 0.25) is 0 Å². The number of carbonyl (C=O) groups excluding carboxylic acids is 1. The van der Waals surface area contributed by atoms with Crippen LogP contribution in [0.1, 0.15) is 40.2 Å². The number of amides is 1. The molecule has 1 fully saturated rings. The Balaban J connectivity index is 1.63. The Hall–Kier alpha value is -1.61. The Morgan fingerprint density at radius 2 is 1.85 bits per heavy atom. The Morgan fingerprint density at radius 1 is 1.15 bits per heavy atom. The monoisotopic (exact) mass is 285 g/mol. The summed E-state index contributed by atoms with van der Waals surface area (Å²) < 4.78 is 0.